The molecular formula is C7H7BrFNO2. The predicted octanol–water partition coefficient (Wildman–Crippen LogP) is 1.68. The Morgan fingerprint density at radius 3 is 2.83 bits per heavy atom. The van der Waals surface area contributed by atoms with Gasteiger partial charge in [-0.2, -0.15) is 0 Å². The number of nitrogens with two attached hydrogens (primary N) is 1. The van der Waals surface area contributed by atoms with E-state index >= 15 is 0 Å². The van der Waals surface area contributed by atoms with Crippen molar-refractivity contribution in [1.82, 2.24) is 0 Å². The summed E-state index contributed by atoms with van der Waals surface area (Å²) in [5, 5.41) is 9.15. The van der Waals surface area contributed by atoms with Crippen molar-refractivity contribution in [2.75, 3.05) is 0 Å². The molecule has 1 aromatic carbocycles. The van der Waals surface area contributed by atoms with Gasteiger partial charge in [0.25, 0.3) is 0 Å². The minimum Gasteiger partial charge on any atom is -0.507 e. The summed E-state index contributed by atoms with van der Waals surface area (Å²) in [7, 11) is 0. The lowest BCUT2D eigenvalue weighted by Gasteiger charge is -2.05. The third kappa shape index (κ3) is 1.74. The summed E-state index contributed by atoms with van der Waals surface area (Å²) in [4.78, 5) is 4.22. The highest BCUT2D eigenvalue weighted by atomic mass is 79.9. The van der Waals surface area contributed by atoms with E-state index in [4.69, 9.17) is 11.0 Å². The second-order valence-corrected chi connectivity index (χ2v) is 3.02. The van der Waals surface area contributed by atoms with E-state index in [9.17, 15) is 4.39 Å². The molecule has 0 saturated heterocycles. The monoisotopic (exact) mass is 235 g/mol. The molecule has 0 aromatic heterocycles. The Kier molecular flexibility index (Phi) is 3.02. The first kappa shape index (κ1) is 9.44. The average Bonchev–Trinajstić information content (AvgIpc) is 2.06. The number of benzene rings is 1. The van der Waals surface area contributed by atoms with Gasteiger partial charge in [0, 0.05) is 0 Å². The Balaban J connectivity index is 3.14. The maximum atomic E-state index is 13.1. The fourth-order valence-corrected chi connectivity index (χ4v) is 1.17. The third-order valence-corrected chi connectivity index (χ3v) is 2.01. The molecule has 0 heterocycles. The molecule has 0 unspecified atom stereocenters. The highest BCUT2D eigenvalue weighted by molar-refractivity contribution is 9.10. The maximum Gasteiger partial charge on any atom is 0.146 e. The van der Waals surface area contributed by atoms with Crippen LogP contribution < -0.4 is 5.90 Å². The maximum absolute atomic E-state index is 13.1. The van der Waals surface area contributed by atoms with Crippen LogP contribution >= 0.6 is 15.9 Å². The molecule has 5 heteroatoms. The van der Waals surface area contributed by atoms with E-state index in [2.05, 4.69) is 20.8 Å². The lowest BCUT2D eigenvalue weighted by Crippen LogP contribution is -2.01. The van der Waals surface area contributed by atoms with Gasteiger partial charge in [-0.3, -0.25) is 4.84 Å². The molecule has 3 nitrogen and oxygen atoms in total. The van der Waals surface area contributed by atoms with Gasteiger partial charge in [-0.05, 0) is 28.1 Å². The number of rotatable bonds is 2. The molecular weight excluding hydrogens is 229 g/mol. The van der Waals surface area contributed by atoms with Crippen LogP contribution in [-0.2, 0) is 11.4 Å². The lowest BCUT2D eigenvalue weighted by atomic mass is 10.2. The zero-order valence-corrected chi connectivity index (χ0v) is 7.64. The van der Waals surface area contributed by atoms with Crippen LogP contribution in [0, 0.1) is 5.82 Å². The Morgan fingerprint density at radius 1 is 1.58 bits per heavy atom. The van der Waals surface area contributed by atoms with Crippen molar-refractivity contribution in [2.45, 2.75) is 6.61 Å². The molecule has 0 amide bonds. The quantitative estimate of drug-likeness (QED) is 0.768. The number of hydrogen-bond acceptors (Lipinski definition) is 3. The Morgan fingerprint density at radius 2 is 2.25 bits per heavy atom. The van der Waals surface area contributed by atoms with Gasteiger partial charge in [-0.15, -0.1) is 0 Å². The van der Waals surface area contributed by atoms with E-state index in [0.717, 1.165) is 0 Å². The minimum absolute atomic E-state index is 0.0480. The molecule has 0 spiro atoms. The van der Waals surface area contributed by atoms with Crippen LogP contribution in [0.5, 0.6) is 5.75 Å². The minimum atomic E-state index is -0.555. The fourth-order valence-electron chi connectivity index (χ4n) is 0.803. The summed E-state index contributed by atoms with van der Waals surface area (Å²) in [5.41, 5.74) is 0.0480. The Hall–Kier alpha value is -0.650. The molecule has 0 radical (unpaired) electrons. The molecule has 3 N–H and O–H groups in total. The second-order valence-electron chi connectivity index (χ2n) is 2.17. The van der Waals surface area contributed by atoms with Gasteiger partial charge < -0.3 is 5.11 Å². The SMILES string of the molecule is NOCc1c(O)ccc(Br)c1F. The van der Waals surface area contributed by atoms with Gasteiger partial charge in [0.2, 0.25) is 0 Å². The number of aromatic hydroxyl groups is 1. The number of halogens is 2. The van der Waals surface area contributed by atoms with Crippen molar-refractivity contribution in [3.05, 3.63) is 28.0 Å². The summed E-state index contributed by atoms with van der Waals surface area (Å²) < 4.78 is 13.4. The average molecular weight is 236 g/mol. The molecule has 0 aliphatic carbocycles. The van der Waals surface area contributed by atoms with Gasteiger partial charge in [-0.25, -0.2) is 10.3 Å². The molecule has 12 heavy (non-hydrogen) atoms. The standard InChI is InChI=1S/C7H7BrFNO2/c8-5-1-2-6(11)4(3-12-10)7(5)9/h1-2,11H,3,10H2. The van der Waals surface area contributed by atoms with E-state index in [1.54, 1.807) is 0 Å². The third-order valence-electron chi connectivity index (χ3n) is 1.40. The molecule has 0 atom stereocenters. The van der Waals surface area contributed by atoms with Crippen molar-refractivity contribution in [3.63, 3.8) is 0 Å². The number of phenolic OH excluding ortho intramolecular Hbond substituents is 1. The van der Waals surface area contributed by atoms with Gasteiger partial charge >= 0.3 is 0 Å². The van der Waals surface area contributed by atoms with Crippen LogP contribution in [0.25, 0.3) is 0 Å². The van der Waals surface area contributed by atoms with E-state index in [-0.39, 0.29) is 22.4 Å². The summed E-state index contributed by atoms with van der Waals surface area (Å²) in [6.07, 6.45) is 0. The van der Waals surface area contributed by atoms with E-state index in [1.807, 2.05) is 0 Å². The van der Waals surface area contributed by atoms with Crippen molar-refractivity contribution >= 4 is 15.9 Å². The van der Waals surface area contributed by atoms with Crippen molar-refractivity contribution in [2.24, 2.45) is 5.90 Å². The van der Waals surface area contributed by atoms with Crippen LogP contribution in [0.15, 0.2) is 16.6 Å². The molecule has 0 aliphatic heterocycles. The Bertz CT molecular complexity index is 293. The highest BCUT2D eigenvalue weighted by Gasteiger charge is 2.10. The van der Waals surface area contributed by atoms with Crippen LogP contribution in [0.1, 0.15) is 5.56 Å². The van der Waals surface area contributed by atoms with Crippen molar-refractivity contribution in [1.29, 1.82) is 0 Å². The van der Waals surface area contributed by atoms with Crippen LogP contribution in [0.4, 0.5) is 4.39 Å². The molecule has 0 fully saturated rings. The molecule has 66 valence electrons. The first-order valence-electron chi connectivity index (χ1n) is 3.14. The smallest absolute Gasteiger partial charge is 0.146 e. The topological polar surface area (TPSA) is 55.5 Å². The largest absolute Gasteiger partial charge is 0.507 e. The van der Waals surface area contributed by atoms with E-state index in [0.29, 0.717) is 0 Å². The van der Waals surface area contributed by atoms with E-state index in [1.165, 1.54) is 12.1 Å². The number of phenols is 1. The second kappa shape index (κ2) is 3.84. The van der Waals surface area contributed by atoms with Crippen molar-refractivity contribution < 1.29 is 14.3 Å². The molecule has 0 aliphatic rings. The zero-order valence-electron chi connectivity index (χ0n) is 6.05. The van der Waals surface area contributed by atoms with Gasteiger partial charge in [0.05, 0.1) is 16.6 Å². The fraction of sp³-hybridized carbons (Fsp3) is 0.143. The molecule has 0 bridgehead atoms. The van der Waals surface area contributed by atoms with Crippen LogP contribution in [0.3, 0.4) is 0 Å². The predicted molar refractivity (Wildman–Crippen MR) is 44.7 cm³/mol. The lowest BCUT2D eigenvalue weighted by molar-refractivity contribution is 0.119. The molecule has 1 rings (SSSR count). The highest BCUT2D eigenvalue weighted by Crippen LogP contribution is 2.26. The summed E-state index contributed by atoms with van der Waals surface area (Å²) >= 11 is 2.97. The summed E-state index contributed by atoms with van der Waals surface area (Å²) in [6, 6.07) is 2.77. The van der Waals surface area contributed by atoms with Crippen molar-refractivity contribution in [3.8, 4) is 5.75 Å². The molecule has 1 aromatic rings. The van der Waals surface area contributed by atoms with Crippen LogP contribution in [0.2, 0.25) is 0 Å². The normalized spacial score (nSPS) is 10.2. The number of hydrogen-bond donors (Lipinski definition) is 2. The van der Waals surface area contributed by atoms with Gasteiger partial charge in [-0.1, -0.05) is 0 Å². The first-order chi connectivity index (χ1) is 5.66. The first-order valence-corrected chi connectivity index (χ1v) is 3.93. The van der Waals surface area contributed by atoms with Gasteiger partial charge in [0.1, 0.15) is 11.6 Å². The van der Waals surface area contributed by atoms with Crippen LogP contribution in [-0.4, -0.2) is 5.11 Å². The zero-order chi connectivity index (χ0) is 9.14. The van der Waals surface area contributed by atoms with Gasteiger partial charge in [0.15, 0.2) is 0 Å². The molecule has 0 saturated carbocycles. The summed E-state index contributed by atoms with van der Waals surface area (Å²) in [6.45, 7) is -0.156. The van der Waals surface area contributed by atoms with E-state index < -0.39 is 5.82 Å². The summed E-state index contributed by atoms with van der Waals surface area (Å²) in [5.74, 6) is 4.03. The Labute approximate surface area is 77.0 Å².